The highest BCUT2D eigenvalue weighted by molar-refractivity contribution is 7.99. The van der Waals surface area contributed by atoms with Crippen LogP contribution >= 0.6 is 11.8 Å². The highest BCUT2D eigenvalue weighted by Gasteiger charge is 2.07. The minimum atomic E-state index is 0.506. The number of anilines is 1. The van der Waals surface area contributed by atoms with Gasteiger partial charge in [-0.3, -0.25) is 0 Å². The molecule has 2 N–H and O–H groups in total. The minimum absolute atomic E-state index is 0.506. The first kappa shape index (κ1) is 10.8. The Kier molecular flexibility index (Phi) is 3.26. The first-order valence-corrected chi connectivity index (χ1v) is 5.71. The maximum absolute atomic E-state index is 5.59. The average molecular weight is 233 g/mol. The van der Waals surface area contributed by atoms with Gasteiger partial charge in [0.1, 0.15) is 0 Å². The summed E-state index contributed by atoms with van der Waals surface area (Å²) in [6.07, 6.45) is 1.79. The van der Waals surface area contributed by atoms with Gasteiger partial charge in [-0.25, -0.2) is 0 Å². The van der Waals surface area contributed by atoms with Crippen molar-refractivity contribution in [1.29, 1.82) is 0 Å². The second kappa shape index (κ2) is 4.85. The third kappa shape index (κ3) is 2.43. The lowest BCUT2D eigenvalue weighted by molar-refractivity contribution is 0.466. The normalized spacial score (nSPS) is 10.2. The lowest BCUT2D eigenvalue weighted by Gasteiger charge is -1.95. The maximum atomic E-state index is 5.59. The van der Waals surface area contributed by atoms with Crippen LogP contribution in [0, 0.1) is 0 Å². The molecule has 0 spiro atoms. The summed E-state index contributed by atoms with van der Waals surface area (Å²) in [4.78, 5) is 0. The molecule has 0 fully saturated rings. The quantitative estimate of drug-likeness (QED) is 0.499. The third-order valence-electron chi connectivity index (χ3n) is 1.89. The summed E-state index contributed by atoms with van der Waals surface area (Å²) in [7, 11) is 0. The summed E-state index contributed by atoms with van der Waals surface area (Å²) in [6.45, 7) is 3.63. The molecule has 1 aromatic heterocycles. The van der Waals surface area contributed by atoms with Gasteiger partial charge in [-0.2, -0.15) is 0 Å². The van der Waals surface area contributed by atoms with E-state index >= 15 is 0 Å². The van der Waals surface area contributed by atoms with E-state index in [1.807, 2.05) is 12.1 Å². The van der Waals surface area contributed by atoms with Crippen molar-refractivity contribution < 1.29 is 4.42 Å². The highest BCUT2D eigenvalue weighted by atomic mass is 32.2. The number of hydrogen-bond acceptors (Lipinski definition) is 5. The molecule has 2 rings (SSSR count). The van der Waals surface area contributed by atoms with Crippen LogP contribution in [-0.4, -0.2) is 16.0 Å². The first-order valence-electron chi connectivity index (χ1n) is 4.72. The molecule has 5 heteroatoms. The van der Waals surface area contributed by atoms with E-state index < -0.39 is 0 Å². The lowest BCUT2D eigenvalue weighted by atomic mass is 10.2. The second-order valence-corrected chi connectivity index (χ2v) is 4.07. The Morgan fingerprint density at radius 2 is 2.06 bits per heavy atom. The predicted octanol–water partition coefficient (Wildman–Crippen LogP) is 2.60. The Hall–Kier alpha value is -1.75. The number of aromatic nitrogens is 2. The van der Waals surface area contributed by atoms with Crippen LogP contribution in [0.2, 0.25) is 0 Å². The fourth-order valence-electron chi connectivity index (χ4n) is 1.14. The molecule has 1 heterocycles. The van der Waals surface area contributed by atoms with Gasteiger partial charge in [0.2, 0.25) is 5.89 Å². The van der Waals surface area contributed by atoms with Gasteiger partial charge in [0.05, 0.1) is 0 Å². The molecule has 82 valence electrons. The summed E-state index contributed by atoms with van der Waals surface area (Å²) >= 11 is 1.46. The SMILES string of the molecule is C=CCSc1nnc(-c2ccc(N)cc2)o1. The van der Waals surface area contributed by atoms with Crippen LogP contribution in [0.3, 0.4) is 0 Å². The molecule has 0 saturated heterocycles. The first-order chi connectivity index (χ1) is 7.79. The van der Waals surface area contributed by atoms with E-state index in [0.717, 1.165) is 11.3 Å². The molecule has 0 saturated carbocycles. The van der Waals surface area contributed by atoms with Gasteiger partial charge < -0.3 is 10.2 Å². The Bertz CT molecular complexity index is 478. The number of nitrogen functional groups attached to an aromatic ring is 1. The van der Waals surface area contributed by atoms with Crippen molar-refractivity contribution >= 4 is 17.4 Å². The lowest BCUT2D eigenvalue weighted by Crippen LogP contribution is -1.83. The smallest absolute Gasteiger partial charge is 0.277 e. The van der Waals surface area contributed by atoms with E-state index in [1.54, 1.807) is 18.2 Å². The molecule has 4 nitrogen and oxygen atoms in total. The van der Waals surface area contributed by atoms with Crippen LogP contribution < -0.4 is 5.73 Å². The van der Waals surface area contributed by atoms with Crippen LogP contribution in [0.25, 0.3) is 11.5 Å². The summed E-state index contributed by atoms with van der Waals surface area (Å²) in [6, 6.07) is 7.31. The molecule has 2 aromatic rings. The van der Waals surface area contributed by atoms with E-state index in [1.165, 1.54) is 11.8 Å². The number of thioether (sulfide) groups is 1. The Morgan fingerprint density at radius 3 is 2.75 bits per heavy atom. The van der Waals surface area contributed by atoms with Gasteiger partial charge in [-0.1, -0.05) is 17.8 Å². The fourth-order valence-corrected chi connectivity index (χ4v) is 1.64. The molecular weight excluding hydrogens is 222 g/mol. The van der Waals surface area contributed by atoms with Crippen LogP contribution in [0.4, 0.5) is 5.69 Å². The number of hydrogen-bond donors (Lipinski definition) is 1. The van der Waals surface area contributed by atoms with Crippen LogP contribution in [-0.2, 0) is 0 Å². The van der Waals surface area contributed by atoms with E-state index in [4.69, 9.17) is 10.2 Å². The van der Waals surface area contributed by atoms with Crippen LogP contribution in [0.5, 0.6) is 0 Å². The largest absolute Gasteiger partial charge is 0.411 e. The topological polar surface area (TPSA) is 64.9 Å². The number of rotatable bonds is 4. The van der Waals surface area contributed by atoms with E-state index in [0.29, 0.717) is 16.8 Å². The van der Waals surface area contributed by atoms with Crippen molar-refractivity contribution in [1.82, 2.24) is 10.2 Å². The van der Waals surface area contributed by atoms with Crippen molar-refractivity contribution in [3.05, 3.63) is 36.9 Å². The molecule has 0 aliphatic carbocycles. The van der Waals surface area contributed by atoms with Gasteiger partial charge in [0, 0.05) is 17.0 Å². The second-order valence-electron chi connectivity index (χ2n) is 3.09. The minimum Gasteiger partial charge on any atom is -0.411 e. The summed E-state index contributed by atoms with van der Waals surface area (Å²) in [5, 5.41) is 8.42. The molecule has 0 aliphatic rings. The standard InChI is InChI=1S/C11H11N3OS/c1-2-7-16-11-14-13-10(15-11)8-3-5-9(12)6-4-8/h2-6H,1,7,12H2. The molecule has 1 aromatic carbocycles. The molecule has 0 unspecified atom stereocenters. The summed E-state index contributed by atoms with van der Waals surface area (Å²) in [5.41, 5.74) is 7.17. The third-order valence-corrected chi connectivity index (χ3v) is 2.70. The molecule has 0 radical (unpaired) electrons. The molecule has 16 heavy (non-hydrogen) atoms. The zero-order valence-corrected chi connectivity index (χ0v) is 9.41. The van der Waals surface area contributed by atoms with Crippen LogP contribution in [0.15, 0.2) is 46.6 Å². The Labute approximate surface area is 97.6 Å². The highest BCUT2D eigenvalue weighted by Crippen LogP contribution is 2.23. The average Bonchev–Trinajstić information content (AvgIpc) is 2.76. The van der Waals surface area contributed by atoms with Gasteiger partial charge in [-0.05, 0) is 24.3 Å². The number of benzene rings is 1. The molecular formula is C11H11N3OS. The van der Waals surface area contributed by atoms with Gasteiger partial charge >= 0.3 is 0 Å². The summed E-state index contributed by atoms with van der Waals surface area (Å²) < 4.78 is 5.46. The fraction of sp³-hybridized carbons (Fsp3) is 0.0909. The van der Waals surface area contributed by atoms with E-state index in [2.05, 4.69) is 16.8 Å². The zero-order chi connectivity index (χ0) is 11.4. The van der Waals surface area contributed by atoms with Crippen LogP contribution in [0.1, 0.15) is 0 Å². The van der Waals surface area contributed by atoms with Crippen molar-refractivity contribution in [3.63, 3.8) is 0 Å². The number of nitrogens with zero attached hydrogens (tertiary/aromatic N) is 2. The van der Waals surface area contributed by atoms with Crippen molar-refractivity contribution in [2.75, 3.05) is 11.5 Å². The molecule has 0 amide bonds. The van der Waals surface area contributed by atoms with Crippen molar-refractivity contribution in [2.24, 2.45) is 0 Å². The van der Waals surface area contributed by atoms with Crippen molar-refractivity contribution in [2.45, 2.75) is 5.22 Å². The monoisotopic (exact) mass is 233 g/mol. The Morgan fingerprint density at radius 1 is 1.31 bits per heavy atom. The van der Waals surface area contributed by atoms with Gasteiger partial charge in [0.25, 0.3) is 5.22 Å². The number of nitrogens with two attached hydrogens (primary N) is 1. The molecule has 0 aliphatic heterocycles. The zero-order valence-electron chi connectivity index (χ0n) is 8.59. The van der Waals surface area contributed by atoms with Crippen molar-refractivity contribution in [3.8, 4) is 11.5 Å². The van der Waals surface area contributed by atoms with Gasteiger partial charge in [0.15, 0.2) is 0 Å². The summed E-state index contributed by atoms with van der Waals surface area (Å²) in [5.74, 6) is 1.26. The predicted molar refractivity (Wildman–Crippen MR) is 65.1 cm³/mol. The molecule has 0 atom stereocenters. The maximum Gasteiger partial charge on any atom is 0.277 e. The molecule has 0 bridgehead atoms. The van der Waals surface area contributed by atoms with E-state index in [9.17, 15) is 0 Å². The Balaban J connectivity index is 2.17. The van der Waals surface area contributed by atoms with E-state index in [-0.39, 0.29) is 0 Å². The van der Waals surface area contributed by atoms with Gasteiger partial charge in [-0.15, -0.1) is 16.8 Å².